The van der Waals surface area contributed by atoms with Crippen molar-refractivity contribution in [3.63, 3.8) is 0 Å². The minimum atomic E-state index is -2.66. The molecule has 0 aromatic rings. The summed E-state index contributed by atoms with van der Waals surface area (Å²) < 4.78 is 22.5. The van der Waals surface area contributed by atoms with Crippen molar-refractivity contribution < 1.29 is 8.42 Å². The number of rotatable bonds is 3. The molecule has 11 heavy (non-hydrogen) atoms. The normalized spacial score (nSPS) is 29.0. The first-order valence-corrected chi connectivity index (χ1v) is 6.10. The molecule has 0 radical (unpaired) electrons. The Morgan fingerprint density at radius 2 is 2.18 bits per heavy atom. The highest BCUT2D eigenvalue weighted by atomic mass is 32.2. The Hall–Kier alpha value is -0.0500. The van der Waals surface area contributed by atoms with E-state index in [0.29, 0.717) is 5.75 Å². The lowest BCUT2D eigenvalue weighted by molar-refractivity contribution is 0.574. The lowest BCUT2D eigenvalue weighted by Gasteiger charge is -2.06. The fourth-order valence-electron chi connectivity index (χ4n) is 1.61. The molecule has 0 amide bonds. The van der Waals surface area contributed by atoms with Crippen LogP contribution in [-0.4, -0.2) is 19.4 Å². The Kier molecular flexibility index (Phi) is 2.93. The van der Waals surface area contributed by atoms with Gasteiger partial charge in [-0.25, -0.2) is 8.42 Å². The molecule has 3 heteroatoms. The highest BCUT2D eigenvalue weighted by Crippen LogP contribution is 2.24. The van der Waals surface area contributed by atoms with Gasteiger partial charge in [-0.1, -0.05) is 19.8 Å². The van der Waals surface area contributed by atoms with Crippen LogP contribution in [0.5, 0.6) is 0 Å². The topological polar surface area (TPSA) is 34.1 Å². The zero-order chi connectivity index (χ0) is 8.32. The molecule has 0 aromatic heterocycles. The Labute approximate surface area is 68.9 Å². The summed E-state index contributed by atoms with van der Waals surface area (Å²) in [5, 5.41) is 0.00227. The summed E-state index contributed by atoms with van der Waals surface area (Å²) >= 11 is 0. The number of hydrogen-bond acceptors (Lipinski definition) is 2. The molecule has 1 aliphatic heterocycles. The van der Waals surface area contributed by atoms with Crippen LogP contribution in [-0.2, 0) is 9.84 Å². The molecule has 1 fully saturated rings. The van der Waals surface area contributed by atoms with Crippen LogP contribution < -0.4 is 0 Å². The molecule has 1 aliphatic rings. The van der Waals surface area contributed by atoms with Gasteiger partial charge < -0.3 is 0 Å². The van der Waals surface area contributed by atoms with Crippen LogP contribution in [0, 0.1) is 0 Å². The van der Waals surface area contributed by atoms with Crippen LogP contribution in [0.1, 0.15) is 39.0 Å². The van der Waals surface area contributed by atoms with E-state index in [0.717, 1.165) is 32.1 Å². The summed E-state index contributed by atoms with van der Waals surface area (Å²) in [6.45, 7) is 2.10. The molecular weight excluding hydrogens is 160 g/mol. The minimum Gasteiger partial charge on any atom is -0.229 e. The third kappa shape index (κ3) is 2.19. The van der Waals surface area contributed by atoms with Gasteiger partial charge in [-0.3, -0.25) is 0 Å². The number of hydrogen-bond donors (Lipinski definition) is 0. The van der Waals surface area contributed by atoms with Crippen LogP contribution in [0.15, 0.2) is 0 Å². The first kappa shape index (κ1) is 9.04. The van der Waals surface area contributed by atoms with Gasteiger partial charge in [0.2, 0.25) is 0 Å². The van der Waals surface area contributed by atoms with Crippen molar-refractivity contribution >= 4 is 9.84 Å². The smallest absolute Gasteiger partial charge is 0.153 e. The van der Waals surface area contributed by atoms with Crippen LogP contribution in [0.2, 0.25) is 0 Å². The van der Waals surface area contributed by atoms with Gasteiger partial charge >= 0.3 is 0 Å². The van der Waals surface area contributed by atoms with Crippen LogP contribution in [0.3, 0.4) is 0 Å². The highest BCUT2D eigenvalue weighted by molar-refractivity contribution is 7.92. The lowest BCUT2D eigenvalue weighted by atomic mass is 10.1. The maximum atomic E-state index is 11.3. The zero-order valence-electron chi connectivity index (χ0n) is 7.04. The molecule has 1 heterocycles. The van der Waals surface area contributed by atoms with E-state index in [4.69, 9.17) is 0 Å². The maximum Gasteiger partial charge on any atom is 0.153 e. The maximum absolute atomic E-state index is 11.3. The molecule has 66 valence electrons. The molecule has 0 N–H and O–H groups in total. The van der Waals surface area contributed by atoms with E-state index in [-0.39, 0.29) is 5.25 Å². The van der Waals surface area contributed by atoms with Crippen LogP contribution in [0.25, 0.3) is 0 Å². The summed E-state index contributed by atoms with van der Waals surface area (Å²) in [4.78, 5) is 0. The monoisotopic (exact) mass is 176 g/mol. The molecule has 1 atom stereocenters. The molecule has 0 spiro atoms. The fraction of sp³-hybridized carbons (Fsp3) is 1.00. The predicted molar refractivity (Wildman–Crippen MR) is 46.3 cm³/mol. The van der Waals surface area contributed by atoms with E-state index in [2.05, 4.69) is 6.92 Å². The van der Waals surface area contributed by atoms with Gasteiger partial charge in [0.05, 0.1) is 11.0 Å². The van der Waals surface area contributed by atoms with Crippen molar-refractivity contribution in [3.8, 4) is 0 Å². The second kappa shape index (κ2) is 3.57. The van der Waals surface area contributed by atoms with E-state index in [1.807, 2.05) is 0 Å². The average molecular weight is 176 g/mol. The van der Waals surface area contributed by atoms with Gasteiger partial charge in [-0.2, -0.15) is 0 Å². The van der Waals surface area contributed by atoms with E-state index in [9.17, 15) is 8.42 Å². The Morgan fingerprint density at radius 3 is 2.64 bits per heavy atom. The third-order valence-corrected chi connectivity index (χ3v) is 4.69. The van der Waals surface area contributed by atoms with Crippen molar-refractivity contribution in [1.29, 1.82) is 0 Å². The second-order valence-electron chi connectivity index (χ2n) is 3.27. The molecule has 0 unspecified atom stereocenters. The first-order chi connectivity index (χ1) is 5.17. The molecule has 1 rings (SSSR count). The number of unbranched alkanes of at least 4 members (excludes halogenated alkanes) is 1. The minimum absolute atomic E-state index is 0.00227. The summed E-state index contributed by atoms with van der Waals surface area (Å²) in [6, 6.07) is 0. The third-order valence-electron chi connectivity index (χ3n) is 2.34. The van der Waals surface area contributed by atoms with E-state index < -0.39 is 9.84 Å². The molecule has 0 bridgehead atoms. The van der Waals surface area contributed by atoms with Gasteiger partial charge in [0.25, 0.3) is 0 Å². The SMILES string of the molecule is CCCC[C@H]1CCCS1(=O)=O. The molecule has 0 saturated carbocycles. The van der Waals surface area contributed by atoms with Crippen LogP contribution >= 0.6 is 0 Å². The molecular formula is C8H16O2S. The fourth-order valence-corrected chi connectivity index (χ4v) is 3.57. The zero-order valence-corrected chi connectivity index (χ0v) is 7.86. The highest BCUT2D eigenvalue weighted by Gasteiger charge is 2.29. The van der Waals surface area contributed by atoms with E-state index >= 15 is 0 Å². The van der Waals surface area contributed by atoms with Crippen molar-refractivity contribution in [2.75, 3.05) is 5.75 Å². The molecule has 0 aliphatic carbocycles. The Morgan fingerprint density at radius 1 is 1.45 bits per heavy atom. The molecule has 1 saturated heterocycles. The standard InChI is InChI=1S/C8H16O2S/c1-2-3-5-8-6-4-7-11(8,9)10/h8H,2-7H2,1H3/t8-/m0/s1. The van der Waals surface area contributed by atoms with Gasteiger partial charge in [0.1, 0.15) is 0 Å². The average Bonchev–Trinajstić information content (AvgIpc) is 2.25. The first-order valence-electron chi connectivity index (χ1n) is 4.38. The van der Waals surface area contributed by atoms with Gasteiger partial charge in [-0.05, 0) is 19.3 Å². The van der Waals surface area contributed by atoms with Crippen molar-refractivity contribution in [3.05, 3.63) is 0 Å². The van der Waals surface area contributed by atoms with Crippen LogP contribution in [0.4, 0.5) is 0 Å². The Balaban J connectivity index is 2.45. The second-order valence-corrected chi connectivity index (χ2v) is 5.67. The summed E-state index contributed by atoms with van der Waals surface area (Å²) in [5.74, 6) is 0.432. The number of sulfone groups is 1. The lowest BCUT2D eigenvalue weighted by Crippen LogP contribution is -2.15. The van der Waals surface area contributed by atoms with Crippen molar-refractivity contribution in [2.24, 2.45) is 0 Å². The van der Waals surface area contributed by atoms with Crippen molar-refractivity contribution in [2.45, 2.75) is 44.3 Å². The quantitative estimate of drug-likeness (QED) is 0.656. The van der Waals surface area contributed by atoms with Crippen molar-refractivity contribution in [1.82, 2.24) is 0 Å². The molecule has 0 aromatic carbocycles. The molecule has 2 nitrogen and oxygen atoms in total. The van der Waals surface area contributed by atoms with Gasteiger partial charge in [0, 0.05) is 0 Å². The predicted octanol–water partition coefficient (Wildman–Crippen LogP) is 1.75. The summed E-state index contributed by atoms with van der Waals surface area (Å²) in [6.07, 6.45) is 4.84. The van der Waals surface area contributed by atoms with Gasteiger partial charge in [-0.15, -0.1) is 0 Å². The largest absolute Gasteiger partial charge is 0.229 e. The van der Waals surface area contributed by atoms with E-state index in [1.54, 1.807) is 0 Å². The summed E-state index contributed by atoms with van der Waals surface area (Å²) in [7, 11) is -2.66. The Bertz CT molecular complexity index is 206. The van der Waals surface area contributed by atoms with E-state index in [1.165, 1.54) is 0 Å². The summed E-state index contributed by atoms with van der Waals surface area (Å²) in [5.41, 5.74) is 0. The van der Waals surface area contributed by atoms with Gasteiger partial charge in [0.15, 0.2) is 9.84 Å².